The number of carbonyl (C=O) groups excluding carboxylic acids is 1. The first kappa shape index (κ1) is 15.5. The molecule has 23 heavy (non-hydrogen) atoms. The topological polar surface area (TPSA) is 53.0 Å². The molecule has 1 aliphatic carbocycles. The highest BCUT2D eigenvalue weighted by Gasteiger charge is 2.23. The average molecular weight is 306 g/mol. The summed E-state index contributed by atoms with van der Waals surface area (Å²) < 4.78 is 0. The van der Waals surface area contributed by atoms with Gasteiger partial charge in [0.25, 0.3) is 0 Å². The lowest BCUT2D eigenvalue weighted by atomic mass is 9.94. The second-order valence-corrected chi connectivity index (χ2v) is 6.37. The van der Waals surface area contributed by atoms with Crippen LogP contribution in [0.3, 0.4) is 0 Å². The van der Waals surface area contributed by atoms with Crippen molar-refractivity contribution >= 4 is 22.4 Å². The number of carbonyl (C=O) groups is 1. The average Bonchev–Trinajstić information content (AvgIpc) is 2.91. The predicted octanol–water partition coefficient (Wildman–Crippen LogP) is 3.97. The lowest BCUT2D eigenvalue weighted by Gasteiger charge is -2.12. The van der Waals surface area contributed by atoms with Crippen LogP contribution >= 0.6 is 0 Å². The normalized spacial score (nSPS) is 15.6. The minimum Gasteiger partial charge on any atom is -0.347 e. The molecule has 0 spiro atoms. The van der Waals surface area contributed by atoms with Gasteiger partial charge in [0.15, 0.2) is 0 Å². The van der Waals surface area contributed by atoms with E-state index in [1.807, 2.05) is 0 Å². The Morgan fingerprint density at radius 2 is 2.04 bits per heavy atom. The van der Waals surface area contributed by atoms with Crippen LogP contribution in [0.4, 0.5) is 0 Å². The van der Waals surface area contributed by atoms with Crippen molar-refractivity contribution in [1.82, 2.24) is 5.32 Å². The Hall–Kier alpha value is -2.42. The third-order valence-corrected chi connectivity index (χ3v) is 4.57. The van der Waals surface area contributed by atoms with Crippen LogP contribution in [0.15, 0.2) is 48.6 Å². The van der Waals surface area contributed by atoms with E-state index in [1.165, 1.54) is 21.9 Å². The van der Waals surface area contributed by atoms with Gasteiger partial charge in [0.05, 0.1) is 6.54 Å². The lowest BCUT2D eigenvalue weighted by Crippen LogP contribution is -2.29. The highest BCUT2D eigenvalue weighted by atomic mass is 16.1. The maximum absolute atomic E-state index is 11.5. The highest BCUT2D eigenvalue weighted by Crippen LogP contribution is 2.40. The van der Waals surface area contributed by atoms with Crippen LogP contribution in [0.5, 0.6) is 0 Å². The fourth-order valence-electron chi connectivity index (χ4n) is 3.37. The van der Waals surface area contributed by atoms with Crippen LogP contribution in [0.2, 0.25) is 0 Å². The van der Waals surface area contributed by atoms with Crippen molar-refractivity contribution in [2.75, 3.05) is 6.54 Å². The molecule has 0 fully saturated rings. The Morgan fingerprint density at radius 1 is 1.30 bits per heavy atom. The number of rotatable bonds is 6. The monoisotopic (exact) mass is 306 g/mol. The van der Waals surface area contributed by atoms with Crippen molar-refractivity contribution in [1.29, 1.82) is 5.41 Å². The summed E-state index contributed by atoms with van der Waals surface area (Å²) in [4.78, 5) is 11.5. The van der Waals surface area contributed by atoms with E-state index >= 15 is 0 Å². The van der Waals surface area contributed by atoms with Crippen LogP contribution in [0.25, 0.3) is 10.8 Å². The van der Waals surface area contributed by atoms with Crippen molar-refractivity contribution in [3.05, 3.63) is 59.7 Å². The molecule has 1 unspecified atom stereocenters. The Morgan fingerprint density at radius 3 is 2.78 bits per heavy atom. The molecular weight excluding hydrogens is 284 g/mol. The first-order valence-electron chi connectivity index (χ1n) is 8.07. The molecule has 0 saturated heterocycles. The molecule has 0 bridgehead atoms. The van der Waals surface area contributed by atoms with E-state index in [2.05, 4.69) is 48.3 Å². The zero-order chi connectivity index (χ0) is 16.4. The summed E-state index contributed by atoms with van der Waals surface area (Å²) in [6.07, 6.45) is 2.73. The maximum atomic E-state index is 11.5. The van der Waals surface area contributed by atoms with Gasteiger partial charge in [0.1, 0.15) is 0 Å². The summed E-state index contributed by atoms with van der Waals surface area (Å²) in [5.74, 6) is 0.307. The molecule has 0 aliphatic heterocycles. The summed E-state index contributed by atoms with van der Waals surface area (Å²) in [5, 5.41) is 13.5. The lowest BCUT2D eigenvalue weighted by molar-refractivity contribution is -0.117. The SMILES string of the molecule is C=C(C)C(=O)NCC(=N)CCC1Cc2cccc3cccc1c23. The second kappa shape index (κ2) is 6.37. The molecule has 1 aliphatic rings. The molecule has 0 saturated carbocycles. The van der Waals surface area contributed by atoms with E-state index in [0.29, 0.717) is 30.2 Å². The molecule has 3 nitrogen and oxygen atoms in total. The molecule has 118 valence electrons. The van der Waals surface area contributed by atoms with Crippen molar-refractivity contribution in [3.63, 3.8) is 0 Å². The van der Waals surface area contributed by atoms with Gasteiger partial charge in [-0.25, -0.2) is 0 Å². The first-order valence-corrected chi connectivity index (χ1v) is 8.07. The number of hydrogen-bond donors (Lipinski definition) is 2. The van der Waals surface area contributed by atoms with Crippen molar-refractivity contribution in [3.8, 4) is 0 Å². The molecule has 2 N–H and O–H groups in total. The van der Waals surface area contributed by atoms with E-state index in [4.69, 9.17) is 5.41 Å². The van der Waals surface area contributed by atoms with Gasteiger partial charge in [-0.05, 0) is 54.0 Å². The van der Waals surface area contributed by atoms with E-state index in [0.717, 1.165) is 12.8 Å². The maximum Gasteiger partial charge on any atom is 0.246 e. The number of amides is 1. The fourth-order valence-corrected chi connectivity index (χ4v) is 3.37. The molecule has 0 radical (unpaired) electrons. The van der Waals surface area contributed by atoms with Crippen LogP contribution in [-0.4, -0.2) is 18.2 Å². The Labute approximate surface area is 136 Å². The molecule has 0 aromatic heterocycles. The third kappa shape index (κ3) is 3.19. The van der Waals surface area contributed by atoms with Crippen LogP contribution in [0, 0.1) is 5.41 Å². The Balaban J connectivity index is 1.61. The van der Waals surface area contributed by atoms with Gasteiger partial charge in [-0.15, -0.1) is 0 Å². The molecule has 2 aromatic carbocycles. The molecular formula is C20H22N2O. The van der Waals surface area contributed by atoms with E-state index in [-0.39, 0.29) is 5.91 Å². The molecule has 2 aromatic rings. The Kier molecular flexibility index (Phi) is 4.28. The minimum atomic E-state index is -0.173. The summed E-state index contributed by atoms with van der Waals surface area (Å²) >= 11 is 0. The molecule has 3 rings (SSSR count). The van der Waals surface area contributed by atoms with Gasteiger partial charge >= 0.3 is 0 Å². The van der Waals surface area contributed by atoms with Gasteiger partial charge in [-0.2, -0.15) is 0 Å². The Bertz CT molecular complexity index is 786. The molecule has 0 heterocycles. The summed E-state index contributed by atoms with van der Waals surface area (Å²) in [6, 6.07) is 13.0. The number of hydrogen-bond acceptors (Lipinski definition) is 2. The van der Waals surface area contributed by atoms with Gasteiger partial charge in [-0.1, -0.05) is 43.0 Å². The van der Waals surface area contributed by atoms with E-state index in [9.17, 15) is 4.79 Å². The van der Waals surface area contributed by atoms with Gasteiger partial charge in [0, 0.05) is 11.3 Å². The van der Waals surface area contributed by atoms with Gasteiger partial charge < -0.3 is 10.7 Å². The van der Waals surface area contributed by atoms with Gasteiger partial charge in [0.2, 0.25) is 5.91 Å². The third-order valence-electron chi connectivity index (χ3n) is 4.57. The predicted molar refractivity (Wildman–Crippen MR) is 95.2 cm³/mol. The largest absolute Gasteiger partial charge is 0.347 e. The van der Waals surface area contributed by atoms with Crippen molar-refractivity contribution in [2.45, 2.75) is 32.1 Å². The van der Waals surface area contributed by atoms with Crippen molar-refractivity contribution in [2.24, 2.45) is 0 Å². The molecule has 1 atom stereocenters. The smallest absolute Gasteiger partial charge is 0.246 e. The molecule has 3 heteroatoms. The zero-order valence-corrected chi connectivity index (χ0v) is 13.5. The van der Waals surface area contributed by atoms with Crippen LogP contribution in [-0.2, 0) is 11.2 Å². The second-order valence-electron chi connectivity index (χ2n) is 6.37. The molecule has 1 amide bonds. The quantitative estimate of drug-likeness (QED) is 0.616. The number of benzene rings is 2. The summed E-state index contributed by atoms with van der Waals surface area (Å²) in [6.45, 7) is 5.60. The van der Waals surface area contributed by atoms with Gasteiger partial charge in [-0.3, -0.25) is 4.79 Å². The first-order chi connectivity index (χ1) is 11.1. The minimum absolute atomic E-state index is 0.173. The van der Waals surface area contributed by atoms with E-state index < -0.39 is 0 Å². The standard InChI is InChI=1S/C20H22N2O/c1-13(2)20(23)22-12-17(21)10-9-15-11-16-7-3-5-14-6-4-8-18(15)19(14)16/h3-8,15,21H,1,9-12H2,2H3,(H,22,23). The fraction of sp³-hybridized carbons (Fsp3) is 0.300. The van der Waals surface area contributed by atoms with Crippen LogP contribution in [0.1, 0.15) is 36.8 Å². The van der Waals surface area contributed by atoms with E-state index in [1.54, 1.807) is 6.92 Å². The summed E-state index contributed by atoms with van der Waals surface area (Å²) in [5.41, 5.74) is 3.89. The zero-order valence-electron chi connectivity index (χ0n) is 13.5. The number of nitrogens with one attached hydrogen (secondary N) is 2. The van der Waals surface area contributed by atoms with Crippen LogP contribution < -0.4 is 5.32 Å². The summed E-state index contributed by atoms with van der Waals surface area (Å²) in [7, 11) is 0. The van der Waals surface area contributed by atoms with Crippen molar-refractivity contribution < 1.29 is 4.79 Å². The highest BCUT2D eigenvalue weighted by molar-refractivity contribution is 5.95.